The van der Waals surface area contributed by atoms with E-state index in [0.29, 0.717) is 23.1 Å². The number of nitrogens with zero attached hydrogens (tertiary/aromatic N) is 5. The van der Waals surface area contributed by atoms with E-state index in [1.54, 1.807) is 12.3 Å². The topological polar surface area (TPSA) is 73.1 Å². The molecule has 0 N–H and O–H groups in total. The largest absolute Gasteiger partial charge is 0.472 e. The van der Waals surface area contributed by atoms with Gasteiger partial charge in [0.25, 0.3) is 5.91 Å². The highest BCUT2D eigenvalue weighted by Crippen LogP contribution is 2.25. The van der Waals surface area contributed by atoms with Crippen LogP contribution in [0.5, 0.6) is 5.88 Å². The predicted molar refractivity (Wildman–Crippen MR) is 103 cm³/mol. The third-order valence-electron chi connectivity index (χ3n) is 4.51. The molecule has 1 atom stereocenters. The number of hydrogen-bond acceptors (Lipinski definition) is 6. The molecule has 0 saturated carbocycles. The van der Waals surface area contributed by atoms with E-state index < -0.39 is 0 Å². The van der Waals surface area contributed by atoms with Gasteiger partial charge in [0.05, 0.1) is 12.2 Å². The summed E-state index contributed by atoms with van der Waals surface area (Å²) in [7, 11) is 0. The van der Waals surface area contributed by atoms with Gasteiger partial charge < -0.3 is 14.2 Å². The zero-order valence-electron chi connectivity index (χ0n) is 15.3. The third kappa shape index (κ3) is 3.85. The SMILES string of the molecule is Cc1nccc(OC2CCCN(C(=O)c3sc(-n4cccc4)nc3C)C2)n1. The Morgan fingerprint density at radius 1 is 1.26 bits per heavy atom. The van der Waals surface area contributed by atoms with E-state index in [4.69, 9.17) is 4.74 Å². The predicted octanol–water partition coefficient (Wildman–Crippen LogP) is 3.02. The number of aryl methyl sites for hydroxylation is 2. The van der Waals surface area contributed by atoms with E-state index in [2.05, 4.69) is 15.0 Å². The molecular formula is C19H21N5O2S. The normalized spacial score (nSPS) is 17.1. The number of piperidine rings is 1. The smallest absolute Gasteiger partial charge is 0.266 e. The number of likely N-dealkylation sites (tertiary alicyclic amines) is 1. The average Bonchev–Trinajstić information content (AvgIpc) is 3.31. The Bertz CT molecular complexity index is 937. The molecule has 0 aliphatic carbocycles. The molecule has 4 rings (SSSR count). The van der Waals surface area contributed by atoms with Crippen LogP contribution in [0.4, 0.5) is 0 Å². The quantitative estimate of drug-likeness (QED) is 0.692. The van der Waals surface area contributed by atoms with Crippen LogP contribution in [0.3, 0.4) is 0 Å². The van der Waals surface area contributed by atoms with Crippen molar-refractivity contribution < 1.29 is 9.53 Å². The monoisotopic (exact) mass is 383 g/mol. The number of thiazole rings is 1. The van der Waals surface area contributed by atoms with Crippen LogP contribution in [0.2, 0.25) is 0 Å². The van der Waals surface area contributed by atoms with Crippen molar-refractivity contribution in [2.75, 3.05) is 13.1 Å². The summed E-state index contributed by atoms with van der Waals surface area (Å²) in [4.78, 5) is 28.5. The highest BCUT2D eigenvalue weighted by molar-refractivity contribution is 7.16. The molecule has 140 valence electrons. The van der Waals surface area contributed by atoms with E-state index in [0.717, 1.165) is 30.2 Å². The van der Waals surface area contributed by atoms with Gasteiger partial charge in [0.2, 0.25) is 5.88 Å². The summed E-state index contributed by atoms with van der Waals surface area (Å²) >= 11 is 1.43. The van der Waals surface area contributed by atoms with Gasteiger partial charge >= 0.3 is 0 Å². The van der Waals surface area contributed by atoms with Crippen LogP contribution in [-0.2, 0) is 0 Å². The summed E-state index contributed by atoms with van der Waals surface area (Å²) in [6, 6.07) is 5.64. The lowest BCUT2D eigenvalue weighted by Crippen LogP contribution is -2.44. The van der Waals surface area contributed by atoms with Crippen molar-refractivity contribution in [3.05, 3.63) is 53.2 Å². The van der Waals surface area contributed by atoms with Crippen LogP contribution in [0.25, 0.3) is 5.13 Å². The summed E-state index contributed by atoms with van der Waals surface area (Å²) in [6.07, 6.45) is 7.30. The van der Waals surface area contributed by atoms with Crippen molar-refractivity contribution in [2.24, 2.45) is 0 Å². The first-order valence-electron chi connectivity index (χ1n) is 8.96. The highest BCUT2D eigenvalue weighted by Gasteiger charge is 2.28. The van der Waals surface area contributed by atoms with Gasteiger partial charge in [-0.3, -0.25) is 4.79 Å². The van der Waals surface area contributed by atoms with E-state index in [9.17, 15) is 4.79 Å². The first kappa shape index (κ1) is 17.7. The van der Waals surface area contributed by atoms with Crippen molar-refractivity contribution in [2.45, 2.75) is 32.8 Å². The molecule has 4 heterocycles. The maximum absolute atomic E-state index is 13.1. The average molecular weight is 383 g/mol. The van der Waals surface area contributed by atoms with Crippen molar-refractivity contribution in [3.63, 3.8) is 0 Å². The third-order valence-corrected chi connectivity index (χ3v) is 5.67. The minimum absolute atomic E-state index is 0.0237. The summed E-state index contributed by atoms with van der Waals surface area (Å²) in [5, 5.41) is 0.808. The molecule has 3 aromatic heterocycles. The molecule has 0 aromatic carbocycles. The second kappa shape index (κ2) is 7.48. The highest BCUT2D eigenvalue weighted by atomic mass is 32.1. The summed E-state index contributed by atoms with van der Waals surface area (Å²) < 4.78 is 7.91. The van der Waals surface area contributed by atoms with Crippen LogP contribution < -0.4 is 4.74 Å². The second-order valence-electron chi connectivity index (χ2n) is 6.58. The summed E-state index contributed by atoms with van der Waals surface area (Å²) in [5.41, 5.74) is 0.767. The number of rotatable bonds is 4. The van der Waals surface area contributed by atoms with Gasteiger partial charge in [0, 0.05) is 31.2 Å². The fourth-order valence-electron chi connectivity index (χ4n) is 3.19. The van der Waals surface area contributed by atoms with Gasteiger partial charge in [0.1, 0.15) is 16.8 Å². The summed E-state index contributed by atoms with van der Waals surface area (Å²) in [5.74, 6) is 1.26. The van der Waals surface area contributed by atoms with Gasteiger partial charge in [-0.1, -0.05) is 11.3 Å². The van der Waals surface area contributed by atoms with Crippen LogP contribution >= 0.6 is 11.3 Å². The second-order valence-corrected chi connectivity index (χ2v) is 7.55. The lowest BCUT2D eigenvalue weighted by atomic mass is 10.1. The lowest BCUT2D eigenvalue weighted by molar-refractivity contribution is 0.0530. The molecule has 1 aliphatic rings. The molecule has 3 aromatic rings. The van der Waals surface area contributed by atoms with Crippen LogP contribution in [0.15, 0.2) is 36.8 Å². The lowest BCUT2D eigenvalue weighted by Gasteiger charge is -2.32. The van der Waals surface area contributed by atoms with E-state index in [1.807, 2.05) is 47.8 Å². The zero-order chi connectivity index (χ0) is 18.8. The number of carbonyl (C=O) groups excluding carboxylic acids is 1. The fourth-order valence-corrected chi connectivity index (χ4v) is 4.19. The number of aromatic nitrogens is 4. The van der Waals surface area contributed by atoms with Gasteiger partial charge in [-0.25, -0.2) is 9.97 Å². The Balaban J connectivity index is 1.47. The molecule has 27 heavy (non-hydrogen) atoms. The molecule has 1 amide bonds. The van der Waals surface area contributed by atoms with Crippen molar-refractivity contribution in [3.8, 4) is 11.0 Å². The molecule has 1 unspecified atom stereocenters. The van der Waals surface area contributed by atoms with Crippen LogP contribution in [0.1, 0.15) is 34.0 Å². The Morgan fingerprint density at radius 2 is 2.07 bits per heavy atom. The fraction of sp³-hybridized carbons (Fsp3) is 0.368. The van der Waals surface area contributed by atoms with Crippen molar-refractivity contribution in [1.82, 2.24) is 24.4 Å². The van der Waals surface area contributed by atoms with E-state index in [1.165, 1.54) is 11.3 Å². The molecule has 8 heteroatoms. The molecular weight excluding hydrogens is 362 g/mol. The Labute approximate surface area is 161 Å². The van der Waals surface area contributed by atoms with Crippen LogP contribution in [0, 0.1) is 13.8 Å². The molecule has 1 fully saturated rings. The van der Waals surface area contributed by atoms with E-state index >= 15 is 0 Å². The minimum Gasteiger partial charge on any atom is -0.472 e. The maximum Gasteiger partial charge on any atom is 0.266 e. The van der Waals surface area contributed by atoms with Crippen molar-refractivity contribution >= 4 is 17.2 Å². The van der Waals surface area contributed by atoms with Gasteiger partial charge in [-0.15, -0.1) is 0 Å². The number of carbonyl (C=O) groups is 1. The van der Waals surface area contributed by atoms with Crippen molar-refractivity contribution in [1.29, 1.82) is 0 Å². The maximum atomic E-state index is 13.1. The molecule has 1 aliphatic heterocycles. The molecule has 0 spiro atoms. The number of ether oxygens (including phenoxy) is 1. The molecule has 0 bridgehead atoms. The van der Waals surface area contributed by atoms with Crippen LogP contribution in [-0.4, -0.2) is 49.5 Å². The Hall–Kier alpha value is -2.74. The number of hydrogen-bond donors (Lipinski definition) is 0. The first-order chi connectivity index (χ1) is 13.1. The summed E-state index contributed by atoms with van der Waals surface area (Å²) in [6.45, 7) is 5.01. The number of amides is 1. The minimum atomic E-state index is -0.0610. The first-order valence-corrected chi connectivity index (χ1v) is 9.78. The van der Waals surface area contributed by atoms with Gasteiger partial charge in [0.15, 0.2) is 5.13 Å². The van der Waals surface area contributed by atoms with E-state index in [-0.39, 0.29) is 12.0 Å². The molecule has 7 nitrogen and oxygen atoms in total. The Kier molecular flexibility index (Phi) is 4.89. The molecule has 0 radical (unpaired) electrons. The van der Waals surface area contributed by atoms with Gasteiger partial charge in [-0.2, -0.15) is 4.98 Å². The molecule has 1 saturated heterocycles. The zero-order valence-corrected chi connectivity index (χ0v) is 16.1. The Morgan fingerprint density at radius 3 is 2.85 bits per heavy atom. The standard InChI is InChI=1S/C19H21N5O2S/c1-13-17(27-19(21-13)23-9-3-4-10-23)18(25)24-11-5-6-15(12-24)26-16-7-8-20-14(2)22-16/h3-4,7-10,15H,5-6,11-12H2,1-2H3. The van der Waals surface area contributed by atoms with Gasteiger partial charge in [-0.05, 0) is 38.8 Å².